The standard InChI is InChI=1S/C17H34N4/c1-5-6-8-13-20(4)17(18-3)19-12-10-15-21-14-9-7-11-16(21)2/h5,16H,1,6-15H2,2-4H3,(H,18,19). The third kappa shape index (κ3) is 6.98. The number of allylic oxidation sites excluding steroid dienone is 1. The molecule has 1 heterocycles. The van der Waals surface area contributed by atoms with E-state index in [1.165, 1.54) is 38.8 Å². The highest BCUT2D eigenvalue weighted by Crippen LogP contribution is 2.15. The van der Waals surface area contributed by atoms with Gasteiger partial charge in [0.1, 0.15) is 0 Å². The van der Waals surface area contributed by atoms with Crippen molar-refractivity contribution in [3.05, 3.63) is 12.7 Å². The van der Waals surface area contributed by atoms with E-state index in [1.807, 2.05) is 13.1 Å². The van der Waals surface area contributed by atoms with Crippen LogP contribution in [0.1, 0.15) is 45.4 Å². The normalized spacial score (nSPS) is 20.3. The Balaban J connectivity index is 2.18. The molecule has 1 aliphatic rings. The topological polar surface area (TPSA) is 30.9 Å². The number of aliphatic imine (C=N–C) groups is 1. The Hall–Kier alpha value is -1.03. The van der Waals surface area contributed by atoms with Crippen LogP contribution in [0.5, 0.6) is 0 Å². The monoisotopic (exact) mass is 294 g/mol. The van der Waals surface area contributed by atoms with Gasteiger partial charge in [0, 0.05) is 39.8 Å². The second-order valence-corrected chi connectivity index (χ2v) is 6.06. The van der Waals surface area contributed by atoms with E-state index in [-0.39, 0.29) is 0 Å². The van der Waals surface area contributed by atoms with Gasteiger partial charge in [-0.3, -0.25) is 4.99 Å². The predicted molar refractivity (Wildman–Crippen MR) is 92.9 cm³/mol. The number of nitrogens with one attached hydrogen (secondary N) is 1. The molecule has 4 heteroatoms. The van der Waals surface area contributed by atoms with Crippen LogP contribution in [0, 0.1) is 0 Å². The minimum absolute atomic E-state index is 0.764. The van der Waals surface area contributed by atoms with Crippen molar-refractivity contribution in [2.45, 2.75) is 51.5 Å². The Morgan fingerprint density at radius 2 is 2.24 bits per heavy atom. The summed E-state index contributed by atoms with van der Waals surface area (Å²) in [6, 6.07) is 0.764. The fourth-order valence-electron chi connectivity index (χ4n) is 2.94. The Kier molecular flexibility index (Phi) is 9.15. The van der Waals surface area contributed by atoms with Gasteiger partial charge in [0.05, 0.1) is 0 Å². The molecule has 0 amide bonds. The summed E-state index contributed by atoms with van der Waals surface area (Å²) in [5.74, 6) is 1.01. The van der Waals surface area contributed by atoms with E-state index in [0.29, 0.717) is 0 Å². The Morgan fingerprint density at radius 1 is 1.43 bits per heavy atom. The fraction of sp³-hybridized carbons (Fsp3) is 0.824. The van der Waals surface area contributed by atoms with Gasteiger partial charge in [-0.2, -0.15) is 0 Å². The molecule has 1 unspecified atom stereocenters. The highest BCUT2D eigenvalue weighted by atomic mass is 15.3. The lowest BCUT2D eigenvalue weighted by atomic mass is 10.0. The summed E-state index contributed by atoms with van der Waals surface area (Å²) >= 11 is 0. The largest absolute Gasteiger partial charge is 0.356 e. The summed E-state index contributed by atoms with van der Waals surface area (Å²) in [4.78, 5) is 9.19. The Labute approximate surface area is 131 Å². The van der Waals surface area contributed by atoms with Crippen LogP contribution in [0.25, 0.3) is 0 Å². The fourth-order valence-corrected chi connectivity index (χ4v) is 2.94. The van der Waals surface area contributed by atoms with E-state index in [1.54, 1.807) is 0 Å². The molecule has 0 aliphatic carbocycles. The second-order valence-electron chi connectivity index (χ2n) is 6.06. The molecule has 0 aromatic rings. The smallest absolute Gasteiger partial charge is 0.193 e. The number of piperidine rings is 1. The minimum Gasteiger partial charge on any atom is -0.356 e. The molecule has 4 nitrogen and oxygen atoms in total. The quantitative estimate of drug-likeness (QED) is 0.323. The van der Waals surface area contributed by atoms with E-state index in [0.717, 1.165) is 37.9 Å². The highest BCUT2D eigenvalue weighted by molar-refractivity contribution is 5.79. The SMILES string of the molecule is C=CCCCN(C)C(=NC)NCCCN1CCCCC1C. The molecule has 1 atom stereocenters. The molecule has 0 bridgehead atoms. The molecule has 1 saturated heterocycles. The van der Waals surface area contributed by atoms with Gasteiger partial charge >= 0.3 is 0 Å². The summed E-state index contributed by atoms with van der Waals surface area (Å²) in [6.07, 6.45) is 9.48. The van der Waals surface area contributed by atoms with Crippen LogP contribution in [0.3, 0.4) is 0 Å². The molecule has 0 radical (unpaired) electrons. The summed E-state index contributed by atoms with van der Waals surface area (Å²) in [5.41, 5.74) is 0. The highest BCUT2D eigenvalue weighted by Gasteiger charge is 2.17. The number of nitrogens with zero attached hydrogens (tertiary/aromatic N) is 3. The summed E-state index contributed by atoms with van der Waals surface area (Å²) in [6.45, 7) is 10.6. The number of rotatable bonds is 8. The molecule has 1 rings (SSSR count). The van der Waals surface area contributed by atoms with Crippen molar-refractivity contribution in [2.75, 3.05) is 40.3 Å². The zero-order valence-electron chi connectivity index (χ0n) is 14.3. The molecule has 1 aliphatic heterocycles. The number of likely N-dealkylation sites (tertiary alicyclic amines) is 1. The molecule has 0 aromatic heterocycles. The maximum atomic E-state index is 4.36. The lowest BCUT2D eigenvalue weighted by Gasteiger charge is -2.33. The first-order chi connectivity index (χ1) is 10.2. The first-order valence-corrected chi connectivity index (χ1v) is 8.45. The van der Waals surface area contributed by atoms with E-state index in [4.69, 9.17) is 0 Å². The van der Waals surface area contributed by atoms with Crippen LogP contribution < -0.4 is 5.32 Å². The van der Waals surface area contributed by atoms with Crippen LogP contribution in [-0.2, 0) is 0 Å². The number of hydrogen-bond donors (Lipinski definition) is 1. The van der Waals surface area contributed by atoms with Crippen LogP contribution in [0.4, 0.5) is 0 Å². The van der Waals surface area contributed by atoms with Gasteiger partial charge in [-0.15, -0.1) is 6.58 Å². The second kappa shape index (κ2) is 10.7. The van der Waals surface area contributed by atoms with Gasteiger partial charge < -0.3 is 15.1 Å². The van der Waals surface area contributed by atoms with E-state index >= 15 is 0 Å². The molecule has 122 valence electrons. The first-order valence-electron chi connectivity index (χ1n) is 8.45. The van der Waals surface area contributed by atoms with Gasteiger partial charge in [-0.25, -0.2) is 0 Å². The van der Waals surface area contributed by atoms with Crippen LogP contribution in [-0.4, -0.2) is 62.1 Å². The molecular formula is C17H34N4. The predicted octanol–water partition coefficient (Wildman–Crippen LogP) is 2.72. The number of hydrogen-bond acceptors (Lipinski definition) is 2. The van der Waals surface area contributed by atoms with Crippen molar-refractivity contribution < 1.29 is 0 Å². The lowest BCUT2D eigenvalue weighted by Crippen LogP contribution is -2.42. The maximum Gasteiger partial charge on any atom is 0.193 e. The van der Waals surface area contributed by atoms with E-state index in [9.17, 15) is 0 Å². The van der Waals surface area contributed by atoms with Crippen LogP contribution >= 0.6 is 0 Å². The van der Waals surface area contributed by atoms with Crippen LogP contribution in [0.2, 0.25) is 0 Å². The zero-order chi connectivity index (χ0) is 15.5. The van der Waals surface area contributed by atoms with Crippen molar-refractivity contribution in [1.29, 1.82) is 0 Å². The van der Waals surface area contributed by atoms with Crippen molar-refractivity contribution >= 4 is 5.96 Å². The van der Waals surface area contributed by atoms with E-state index in [2.05, 4.69) is 40.7 Å². The van der Waals surface area contributed by atoms with Crippen molar-refractivity contribution in [3.8, 4) is 0 Å². The maximum absolute atomic E-state index is 4.36. The average molecular weight is 294 g/mol. The minimum atomic E-state index is 0.764. The lowest BCUT2D eigenvalue weighted by molar-refractivity contribution is 0.159. The molecule has 1 N–H and O–H groups in total. The summed E-state index contributed by atoms with van der Waals surface area (Å²) in [7, 11) is 3.96. The average Bonchev–Trinajstić information content (AvgIpc) is 2.49. The van der Waals surface area contributed by atoms with Gasteiger partial charge in [-0.1, -0.05) is 12.5 Å². The molecule has 0 spiro atoms. The van der Waals surface area contributed by atoms with Crippen molar-refractivity contribution in [1.82, 2.24) is 15.1 Å². The van der Waals surface area contributed by atoms with Crippen molar-refractivity contribution in [2.24, 2.45) is 4.99 Å². The van der Waals surface area contributed by atoms with Gasteiger partial charge in [-0.05, 0) is 45.6 Å². The number of guanidine groups is 1. The molecule has 0 saturated carbocycles. The van der Waals surface area contributed by atoms with Gasteiger partial charge in [0.15, 0.2) is 5.96 Å². The number of unbranched alkanes of at least 4 members (excludes halogenated alkanes) is 1. The molecular weight excluding hydrogens is 260 g/mol. The third-order valence-corrected chi connectivity index (χ3v) is 4.32. The summed E-state index contributed by atoms with van der Waals surface area (Å²) in [5, 5.41) is 3.47. The molecule has 1 fully saturated rings. The van der Waals surface area contributed by atoms with Crippen molar-refractivity contribution in [3.63, 3.8) is 0 Å². The molecule has 21 heavy (non-hydrogen) atoms. The first kappa shape index (κ1) is 18.0. The van der Waals surface area contributed by atoms with Gasteiger partial charge in [0.2, 0.25) is 0 Å². The molecule has 0 aromatic carbocycles. The van der Waals surface area contributed by atoms with Gasteiger partial charge in [0.25, 0.3) is 0 Å². The zero-order valence-corrected chi connectivity index (χ0v) is 14.3. The Bertz CT molecular complexity index is 314. The van der Waals surface area contributed by atoms with Crippen LogP contribution in [0.15, 0.2) is 17.6 Å². The summed E-state index contributed by atoms with van der Waals surface area (Å²) < 4.78 is 0. The Morgan fingerprint density at radius 3 is 2.90 bits per heavy atom. The third-order valence-electron chi connectivity index (χ3n) is 4.32. The van der Waals surface area contributed by atoms with E-state index < -0.39 is 0 Å².